The first-order valence-corrected chi connectivity index (χ1v) is 7.02. The highest BCUT2D eigenvalue weighted by Crippen LogP contribution is 2.39. The minimum Gasteiger partial charge on any atom is -0.362 e. The number of nitrogens with one attached hydrogen (secondary N) is 1. The molecule has 0 fully saturated rings. The summed E-state index contributed by atoms with van der Waals surface area (Å²) >= 11 is 3.20. The Morgan fingerprint density at radius 2 is 2.16 bits per heavy atom. The zero-order valence-electron chi connectivity index (χ0n) is 10.5. The lowest BCUT2D eigenvalue weighted by molar-refractivity contribution is -0.115. The topological polar surface area (TPSA) is 29.1 Å². The molecular weight excluding hydrogens is 309 g/mol. The highest BCUT2D eigenvalue weighted by molar-refractivity contribution is 9.10. The molecule has 1 N–H and O–H groups in total. The van der Waals surface area contributed by atoms with Gasteiger partial charge in [0, 0.05) is 29.3 Å². The lowest BCUT2D eigenvalue weighted by Gasteiger charge is -2.23. The largest absolute Gasteiger partial charge is 0.362 e. The van der Waals surface area contributed by atoms with Crippen LogP contribution in [0.25, 0.3) is 0 Å². The van der Waals surface area contributed by atoms with E-state index in [1.807, 2.05) is 13.0 Å². The molecule has 1 unspecified atom stereocenters. The molecule has 1 heterocycles. The molecule has 1 atom stereocenters. The molecule has 0 radical (unpaired) electrons. The van der Waals surface area contributed by atoms with Gasteiger partial charge in [-0.15, -0.1) is 0 Å². The number of ketones is 1. The minimum absolute atomic E-state index is 0.0665. The standard InChI is InChI=1S/C15H13BrFNO/c1-8-6-10(9-2-3-12(17)11(16)7-9)15-13(18-8)4-5-14(15)19/h2-3,6-7,10,18H,4-5H2,1H3. The summed E-state index contributed by atoms with van der Waals surface area (Å²) in [4.78, 5) is 12.0. The quantitative estimate of drug-likeness (QED) is 0.852. The van der Waals surface area contributed by atoms with Gasteiger partial charge in [0.1, 0.15) is 5.82 Å². The Kier molecular flexibility index (Phi) is 3.05. The number of halogens is 2. The fourth-order valence-electron chi connectivity index (χ4n) is 2.75. The SMILES string of the molecule is CC1=CC(c2ccc(F)c(Br)c2)C2=C(CCC2=O)N1. The van der Waals surface area contributed by atoms with E-state index in [9.17, 15) is 9.18 Å². The second kappa shape index (κ2) is 4.60. The van der Waals surface area contributed by atoms with Gasteiger partial charge in [0.05, 0.1) is 4.47 Å². The van der Waals surface area contributed by atoms with Crippen LogP contribution in [-0.4, -0.2) is 5.78 Å². The Balaban J connectivity index is 2.08. The van der Waals surface area contributed by atoms with E-state index in [0.29, 0.717) is 10.9 Å². The van der Waals surface area contributed by atoms with Crippen molar-refractivity contribution in [3.63, 3.8) is 0 Å². The van der Waals surface area contributed by atoms with Gasteiger partial charge in [-0.05, 0) is 47.0 Å². The third-order valence-electron chi connectivity index (χ3n) is 3.61. The van der Waals surface area contributed by atoms with Crippen molar-refractivity contribution in [1.82, 2.24) is 5.32 Å². The lowest BCUT2D eigenvalue weighted by atomic mass is 9.87. The molecule has 0 aromatic heterocycles. The number of Topliss-reactive ketones (excluding diaryl/α,β-unsaturated/α-hetero) is 1. The van der Waals surface area contributed by atoms with Crippen molar-refractivity contribution in [1.29, 1.82) is 0 Å². The summed E-state index contributed by atoms with van der Waals surface area (Å²) < 4.78 is 13.8. The average molecular weight is 322 g/mol. The summed E-state index contributed by atoms with van der Waals surface area (Å²) in [6.45, 7) is 1.98. The van der Waals surface area contributed by atoms with Crippen molar-refractivity contribution in [3.05, 3.63) is 57.1 Å². The molecule has 1 aliphatic carbocycles. The second-order valence-electron chi connectivity index (χ2n) is 4.94. The van der Waals surface area contributed by atoms with Crippen LogP contribution in [0.5, 0.6) is 0 Å². The molecule has 1 aliphatic heterocycles. The van der Waals surface area contributed by atoms with E-state index in [1.54, 1.807) is 12.1 Å². The molecule has 2 aliphatic rings. The Morgan fingerprint density at radius 3 is 2.89 bits per heavy atom. The third kappa shape index (κ3) is 2.14. The summed E-state index contributed by atoms with van der Waals surface area (Å²) in [5.74, 6) is -0.162. The summed E-state index contributed by atoms with van der Waals surface area (Å²) in [6, 6.07) is 4.94. The number of rotatable bonds is 1. The van der Waals surface area contributed by atoms with Crippen LogP contribution in [0.15, 0.2) is 45.7 Å². The zero-order chi connectivity index (χ0) is 13.6. The zero-order valence-corrected chi connectivity index (χ0v) is 12.1. The van der Waals surface area contributed by atoms with Crippen LogP contribution in [0.4, 0.5) is 4.39 Å². The van der Waals surface area contributed by atoms with Gasteiger partial charge in [-0.1, -0.05) is 12.1 Å². The number of dihydropyridines is 1. The van der Waals surface area contributed by atoms with Crippen molar-refractivity contribution >= 4 is 21.7 Å². The number of hydrogen-bond acceptors (Lipinski definition) is 2. The van der Waals surface area contributed by atoms with Crippen molar-refractivity contribution < 1.29 is 9.18 Å². The van der Waals surface area contributed by atoms with E-state index >= 15 is 0 Å². The molecule has 98 valence electrons. The van der Waals surface area contributed by atoms with Crippen LogP contribution >= 0.6 is 15.9 Å². The Bertz CT molecular complexity index is 633. The minimum atomic E-state index is -0.287. The van der Waals surface area contributed by atoms with Gasteiger partial charge in [-0.25, -0.2) is 4.39 Å². The number of carbonyl (C=O) groups excluding carboxylic acids is 1. The van der Waals surface area contributed by atoms with Crippen LogP contribution in [0.3, 0.4) is 0 Å². The van der Waals surface area contributed by atoms with Crippen molar-refractivity contribution in [3.8, 4) is 0 Å². The average Bonchev–Trinajstić information content (AvgIpc) is 2.73. The molecule has 0 bridgehead atoms. The summed E-state index contributed by atoms with van der Waals surface area (Å²) in [5, 5.41) is 3.27. The van der Waals surface area contributed by atoms with Gasteiger partial charge in [0.15, 0.2) is 5.78 Å². The van der Waals surface area contributed by atoms with Crippen LogP contribution in [0.1, 0.15) is 31.2 Å². The number of allylic oxidation sites excluding steroid dienone is 4. The fourth-order valence-corrected chi connectivity index (χ4v) is 3.15. The van der Waals surface area contributed by atoms with Gasteiger partial charge in [-0.3, -0.25) is 4.79 Å². The third-order valence-corrected chi connectivity index (χ3v) is 4.21. The first-order valence-electron chi connectivity index (χ1n) is 6.23. The predicted molar refractivity (Wildman–Crippen MR) is 75.0 cm³/mol. The number of hydrogen-bond donors (Lipinski definition) is 1. The highest BCUT2D eigenvalue weighted by atomic mass is 79.9. The van der Waals surface area contributed by atoms with Crippen LogP contribution < -0.4 is 5.32 Å². The maximum Gasteiger partial charge on any atom is 0.161 e. The molecule has 0 saturated heterocycles. The Labute approximate surface area is 119 Å². The molecule has 1 aromatic rings. The van der Waals surface area contributed by atoms with Gasteiger partial charge in [-0.2, -0.15) is 0 Å². The van der Waals surface area contributed by atoms with Gasteiger partial charge < -0.3 is 5.32 Å². The summed E-state index contributed by atoms with van der Waals surface area (Å²) in [7, 11) is 0. The Morgan fingerprint density at radius 1 is 1.37 bits per heavy atom. The van der Waals surface area contributed by atoms with Crippen LogP contribution in [-0.2, 0) is 4.79 Å². The fraction of sp³-hybridized carbons (Fsp3) is 0.267. The molecule has 1 aromatic carbocycles. The van der Waals surface area contributed by atoms with E-state index in [1.165, 1.54) is 6.07 Å². The molecule has 19 heavy (non-hydrogen) atoms. The molecule has 4 heteroatoms. The monoisotopic (exact) mass is 321 g/mol. The second-order valence-corrected chi connectivity index (χ2v) is 5.80. The van der Waals surface area contributed by atoms with E-state index in [2.05, 4.69) is 21.2 Å². The normalized spacial score (nSPS) is 22.2. The summed E-state index contributed by atoms with van der Waals surface area (Å²) in [5.41, 5.74) is 3.84. The van der Waals surface area contributed by atoms with Gasteiger partial charge >= 0.3 is 0 Å². The van der Waals surface area contributed by atoms with Crippen molar-refractivity contribution in [2.24, 2.45) is 0 Å². The molecule has 0 amide bonds. The number of benzene rings is 1. The molecule has 0 spiro atoms. The first-order chi connectivity index (χ1) is 9.06. The maximum atomic E-state index is 13.3. The van der Waals surface area contributed by atoms with Gasteiger partial charge in [0.25, 0.3) is 0 Å². The van der Waals surface area contributed by atoms with Crippen LogP contribution in [0.2, 0.25) is 0 Å². The van der Waals surface area contributed by atoms with E-state index in [4.69, 9.17) is 0 Å². The lowest BCUT2D eigenvalue weighted by Crippen LogP contribution is -2.20. The highest BCUT2D eigenvalue weighted by Gasteiger charge is 2.32. The summed E-state index contributed by atoms with van der Waals surface area (Å²) in [6.07, 6.45) is 3.37. The van der Waals surface area contributed by atoms with E-state index in [0.717, 1.165) is 29.0 Å². The smallest absolute Gasteiger partial charge is 0.161 e. The van der Waals surface area contributed by atoms with E-state index in [-0.39, 0.29) is 17.5 Å². The maximum absolute atomic E-state index is 13.3. The Hall–Kier alpha value is -1.42. The number of carbonyl (C=O) groups is 1. The van der Waals surface area contributed by atoms with Crippen molar-refractivity contribution in [2.75, 3.05) is 0 Å². The molecular formula is C15H13BrFNO. The van der Waals surface area contributed by atoms with E-state index < -0.39 is 0 Å². The van der Waals surface area contributed by atoms with Crippen molar-refractivity contribution in [2.45, 2.75) is 25.7 Å². The van der Waals surface area contributed by atoms with Crippen LogP contribution in [0, 0.1) is 5.82 Å². The molecule has 2 nitrogen and oxygen atoms in total. The molecule has 0 saturated carbocycles. The predicted octanol–water partition coefficient (Wildman–Crippen LogP) is 3.80. The first kappa shape index (κ1) is 12.6. The molecule has 3 rings (SSSR count). The van der Waals surface area contributed by atoms with Gasteiger partial charge in [0.2, 0.25) is 0 Å².